The molecule has 3 aromatic rings. The molecule has 3 N–H and O–H groups in total. The van der Waals surface area contributed by atoms with Crippen LogP contribution < -0.4 is 4.72 Å². The summed E-state index contributed by atoms with van der Waals surface area (Å²) in [7, 11) is 0. The van der Waals surface area contributed by atoms with Gasteiger partial charge in [0.25, 0.3) is 0 Å². The largest absolute Gasteiger partial charge is 0.327 e. The number of hydrogen-bond acceptors (Lipinski definition) is 3. The molecule has 4 nitrogen and oxygen atoms in total. The number of carbonyl (C=O) groups is 1. The van der Waals surface area contributed by atoms with Gasteiger partial charge in [0.15, 0.2) is 5.82 Å². The lowest BCUT2D eigenvalue weighted by molar-refractivity contribution is 0.103. The highest BCUT2D eigenvalue weighted by Gasteiger charge is 2.23. The zero-order valence-corrected chi connectivity index (χ0v) is 19.9. The Morgan fingerprint density at radius 2 is 1.73 bits per heavy atom. The summed E-state index contributed by atoms with van der Waals surface area (Å²) in [4.78, 5) is 13.3. The number of ketones is 1. The molecule has 0 radical (unpaired) electrons. The van der Waals surface area contributed by atoms with Gasteiger partial charge in [-0.3, -0.25) is 4.79 Å². The first-order valence-corrected chi connectivity index (χ1v) is 12.0. The minimum atomic E-state index is -0.892. The number of unbranched alkanes of at least 4 members (excludes halogenated alkanes) is 1. The third-order valence-electron chi connectivity index (χ3n) is 5.36. The van der Waals surface area contributed by atoms with Gasteiger partial charge in [-0.1, -0.05) is 56.5 Å². The van der Waals surface area contributed by atoms with Crippen molar-refractivity contribution in [3.05, 3.63) is 88.7 Å². The number of halogens is 2. The third kappa shape index (κ3) is 6.05. The zero-order chi connectivity index (χ0) is 23.8. The van der Waals surface area contributed by atoms with Crippen molar-refractivity contribution >= 4 is 23.4 Å². The van der Waals surface area contributed by atoms with Crippen molar-refractivity contribution in [2.45, 2.75) is 40.0 Å². The van der Waals surface area contributed by atoms with Crippen LogP contribution in [-0.2, 0) is 6.42 Å². The molecule has 174 valence electrons. The van der Waals surface area contributed by atoms with Crippen molar-refractivity contribution in [1.29, 1.82) is 0 Å². The normalized spacial score (nSPS) is 10.7. The van der Waals surface area contributed by atoms with Crippen LogP contribution in [0.1, 0.15) is 53.7 Å². The lowest BCUT2D eigenvalue weighted by Crippen LogP contribution is -2.11. The summed E-state index contributed by atoms with van der Waals surface area (Å²) in [5.74, 6) is -1.72. The number of carbonyl (C=O) groups excluding carboxylic acids is 1. The molecular formula is C26H29F2N3OS. The van der Waals surface area contributed by atoms with Gasteiger partial charge >= 0.3 is 0 Å². The summed E-state index contributed by atoms with van der Waals surface area (Å²) in [6.45, 7) is 5.91. The van der Waals surface area contributed by atoms with Crippen molar-refractivity contribution in [2.24, 2.45) is 0 Å². The Balaban J connectivity index is 1.98. The second-order valence-electron chi connectivity index (χ2n) is 7.74. The van der Waals surface area contributed by atoms with Gasteiger partial charge in [0.05, 0.1) is 11.3 Å². The Kier molecular flexibility index (Phi) is 8.72. The molecule has 0 saturated carbocycles. The van der Waals surface area contributed by atoms with E-state index < -0.39 is 23.0 Å². The summed E-state index contributed by atoms with van der Waals surface area (Å²) in [5, 5.41) is 5.74. The quantitative estimate of drug-likeness (QED) is 0.174. The molecule has 0 atom stereocenters. The van der Waals surface area contributed by atoms with Crippen molar-refractivity contribution in [3.8, 4) is 11.1 Å². The van der Waals surface area contributed by atoms with E-state index in [-0.39, 0.29) is 11.3 Å². The van der Waals surface area contributed by atoms with Crippen LogP contribution in [0.5, 0.6) is 0 Å². The Bertz CT molecular complexity index is 1150. The number of aromatic amines is 2. The summed E-state index contributed by atoms with van der Waals surface area (Å²) in [6.07, 6.45) is 6.14. The van der Waals surface area contributed by atoms with Gasteiger partial charge in [0.1, 0.15) is 5.82 Å². The number of benzene rings is 2. The first-order valence-electron chi connectivity index (χ1n) is 11.1. The smallest absolute Gasteiger partial charge is 0.200 e. The number of rotatable bonds is 9. The fourth-order valence-corrected chi connectivity index (χ4v) is 4.21. The van der Waals surface area contributed by atoms with Gasteiger partial charge in [-0.25, -0.2) is 8.78 Å². The molecule has 33 heavy (non-hydrogen) atoms. The van der Waals surface area contributed by atoms with Crippen LogP contribution in [0.3, 0.4) is 0 Å². The van der Waals surface area contributed by atoms with Crippen LogP contribution in [-0.4, -0.2) is 21.7 Å². The van der Waals surface area contributed by atoms with Gasteiger partial charge in [0, 0.05) is 23.7 Å². The second kappa shape index (κ2) is 11.7. The standard InChI is InChI=1S/C26H29F2N3OS/c1-4-6-13-33-31-23-12-11-22(27)24(25(23)28)26(32)21-16-30-29-15-20(14-17(21)3)19-9-7-18(5-2)8-10-19/h7-12,14-16,29-31H,4-6,13H2,1-3H3. The highest BCUT2D eigenvalue weighted by molar-refractivity contribution is 8.00. The van der Waals surface area contributed by atoms with Crippen molar-refractivity contribution in [3.63, 3.8) is 0 Å². The van der Waals surface area contributed by atoms with Gasteiger partial charge in [-0.05, 0) is 60.2 Å². The Hall–Kier alpha value is -3.06. The Morgan fingerprint density at radius 3 is 2.42 bits per heavy atom. The lowest BCUT2D eigenvalue weighted by Gasteiger charge is -2.12. The molecule has 0 unspecified atom stereocenters. The second-order valence-corrected chi connectivity index (χ2v) is 8.64. The lowest BCUT2D eigenvalue weighted by atomic mass is 9.98. The molecule has 1 aromatic heterocycles. The average molecular weight is 470 g/mol. The topological polar surface area (TPSA) is 60.7 Å². The zero-order valence-electron chi connectivity index (χ0n) is 19.1. The molecule has 0 fully saturated rings. The molecule has 3 rings (SSSR count). The van der Waals surface area contributed by atoms with Gasteiger partial charge < -0.3 is 14.9 Å². The SMILES string of the molecule is CCCCSNc1ccc(F)c(C(=O)c2c[nH][nH]cc(-c3ccc(CC)cc3)cc2C)c1F. The van der Waals surface area contributed by atoms with Crippen LogP contribution in [0, 0.1) is 18.6 Å². The van der Waals surface area contributed by atoms with E-state index in [1.165, 1.54) is 29.8 Å². The minimum absolute atomic E-state index is 0.0941. The van der Waals surface area contributed by atoms with Crippen LogP contribution in [0.25, 0.3) is 11.1 Å². The van der Waals surface area contributed by atoms with Gasteiger partial charge in [-0.2, -0.15) is 0 Å². The number of H-pyrrole nitrogens is 2. The summed E-state index contributed by atoms with van der Waals surface area (Å²) in [5.41, 5.74) is 3.31. The molecular weight excluding hydrogens is 440 g/mol. The monoisotopic (exact) mass is 469 g/mol. The maximum absolute atomic E-state index is 15.1. The summed E-state index contributed by atoms with van der Waals surface area (Å²) < 4.78 is 32.6. The first-order chi connectivity index (χ1) is 16.0. The summed E-state index contributed by atoms with van der Waals surface area (Å²) in [6, 6.07) is 12.4. The molecule has 0 saturated heterocycles. The van der Waals surface area contributed by atoms with Crippen molar-refractivity contribution < 1.29 is 13.6 Å². The van der Waals surface area contributed by atoms with Gasteiger partial charge in [-0.15, -0.1) is 0 Å². The van der Waals surface area contributed by atoms with Crippen LogP contribution in [0.4, 0.5) is 14.5 Å². The Morgan fingerprint density at radius 1 is 1.00 bits per heavy atom. The number of nitrogens with one attached hydrogen (secondary N) is 3. The number of aryl methyl sites for hydroxylation is 2. The van der Waals surface area contributed by atoms with E-state index in [0.29, 0.717) is 5.56 Å². The van der Waals surface area contributed by atoms with E-state index in [1.54, 1.807) is 13.1 Å². The molecule has 1 heterocycles. The molecule has 0 aliphatic heterocycles. The van der Waals surface area contributed by atoms with Crippen LogP contribution in [0.15, 0.2) is 54.9 Å². The third-order valence-corrected chi connectivity index (χ3v) is 6.22. The number of aromatic nitrogens is 2. The molecule has 0 spiro atoms. The maximum Gasteiger partial charge on any atom is 0.200 e. The van der Waals surface area contributed by atoms with Gasteiger partial charge in [0.2, 0.25) is 5.78 Å². The highest BCUT2D eigenvalue weighted by atomic mass is 32.2. The fraction of sp³-hybridized carbons (Fsp3) is 0.269. The highest BCUT2D eigenvalue weighted by Crippen LogP contribution is 2.27. The molecule has 0 amide bonds. The van der Waals surface area contributed by atoms with E-state index in [2.05, 4.69) is 40.9 Å². The van der Waals surface area contributed by atoms with Crippen LogP contribution in [0.2, 0.25) is 0 Å². The Labute approximate surface area is 197 Å². The average Bonchev–Trinajstić information content (AvgIpc) is 2.80. The molecule has 0 aliphatic rings. The molecule has 7 heteroatoms. The van der Waals surface area contributed by atoms with Crippen molar-refractivity contribution in [1.82, 2.24) is 10.2 Å². The van der Waals surface area contributed by atoms with Crippen LogP contribution >= 0.6 is 11.9 Å². The van der Waals surface area contributed by atoms with E-state index in [0.717, 1.165) is 42.2 Å². The molecule has 2 aromatic carbocycles. The maximum atomic E-state index is 15.1. The predicted octanol–water partition coefficient (Wildman–Crippen LogP) is 7.37. The number of anilines is 1. The minimum Gasteiger partial charge on any atom is -0.327 e. The van der Waals surface area contributed by atoms with E-state index in [9.17, 15) is 9.18 Å². The predicted molar refractivity (Wildman–Crippen MR) is 133 cm³/mol. The van der Waals surface area contributed by atoms with E-state index in [1.807, 2.05) is 18.2 Å². The van der Waals surface area contributed by atoms with E-state index >= 15 is 4.39 Å². The first kappa shape index (κ1) is 24.6. The fourth-order valence-electron chi connectivity index (χ4n) is 3.36. The van der Waals surface area contributed by atoms with Crippen molar-refractivity contribution in [2.75, 3.05) is 10.5 Å². The number of hydrogen-bond donors (Lipinski definition) is 3. The molecule has 0 bridgehead atoms. The molecule has 0 aliphatic carbocycles. The van der Waals surface area contributed by atoms with E-state index in [4.69, 9.17) is 0 Å². The summed E-state index contributed by atoms with van der Waals surface area (Å²) >= 11 is 1.33.